The van der Waals surface area contributed by atoms with Crippen LogP contribution in [0.4, 0.5) is 5.95 Å². The molecule has 0 aliphatic carbocycles. The number of H-pyrrole nitrogens is 1. The predicted molar refractivity (Wildman–Crippen MR) is 97.9 cm³/mol. The number of benzene rings is 2. The number of aromatic amines is 1. The number of fused-ring (bicyclic) bond motifs is 1. The molecule has 0 atom stereocenters. The number of carbonyl (C=O) groups is 1. The highest BCUT2D eigenvalue weighted by Crippen LogP contribution is 2.33. The Morgan fingerprint density at radius 1 is 1.16 bits per heavy atom. The molecule has 0 radical (unpaired) electrons. The number of carbonyl (C=O) groups excluding carboxylic acids is 1. The fourth-order valence-electron chi connectivity index (χ4n) is 2.74. The maximum Gasteiger partial charge on any atom is 0.270 e. The maximum absolute atomic E-state index is 12.7. The Hall–Kier alpha value is -3.06. The zero-order valence-corrected chi connectivity index (χ0v) is 14.3. The van der Waals surface area contributed by atoms with Crippen LogP contribution in [0.15, 0.2) is 48.5 Å². The SMILES string of the molecule is Cc1ccc(Cc2c(C(=O)Nc3nn[nH]n3)sc3ccccc23)cc1. The van der Waals surface area contributed by atoms with E-state index >= 15 is 0 Å². The highest BCUT2D eigenvalue weighted by Gasteiger charge is 2.19. The monoisotopic (exact) mass is 349 g/mol. The number of nitrogens with one attached hydrogen (secondary N) is 2. The Kier molecular flexibility index (Phi) is 3.99. The molecule has 7 heteroatoms. The number of nitrogens with zero attached hydrogens (tertiary/aromatic N) is 3. The molecule has 25 heavy (non-hydrogen) atoms. The molecule has 1 amide bonds. The van der Waals surface area contributed by atoms with Crippen LogP contribution in [0.25, 0.3) is 10.1 Å². The van der Waals surface area contributed by atoms with Gasteiger partial charge in [-0.2, -0.15) is 5.21 Å². The number of amides is 1. The van der Waals surface area contributed by atoms with Crippen molar-refractivity contribution in [1.29, 1.82) is 0 Å². The molecule has 4 aromatic rings. The molecule has 2 N–H and O–H groups in total. The number of aryl methyl sites for hydroxylation is 1. The average Bonchev–Trinajstić information content (AvgIpc) is 3.25. The van der Waals surface area contributed by atoms with Gasteiger partial charge < -0.3 is 0 Å². The minimum atomic E-state index is -0.218. The first-order chi connectivity index (χ1) is 12.2. The molecule has 6 nitrogen and oxygen atoms in total. The summed E-state index contributed by atoms with van der Waals surface area (Å²) < 4.78 is 1.09. The standard InChI is InChI=1S/C18H15N5OS/c1-11-6-8-12(9-7-11)10-14-13-4-2-3-5-15(13)25-16(14)17(24)19-18-20-22-23-21-18/h2-9H,10H2,1H3,(H2,19,20,21,22,23,24). The number of anilines is 1. The summed E-state index contributed by atoms with van der Waals surface area (Å²) in [6.45, 7) is 2.06. The molecular weight excluding hydrogens is 334 g/mol. The van der Waals surface area contributed by atoms with Crippen molar-refractivity contribution in [2.45, 2.75) is 13.3 Å². The number of tetrazole rings is 1. The lowest BCUT2D eigenvalue weighted by Crippen LogP contribution is -2.13. The van der Waals surface area contributed by atoms with Crippen LogP contribution in [0, 0.1) is 6.92 Å². The fraction of sp³-hybridized carbons (Fsp3) is 0.111. The molecule has 124 valence electrons. The molecule has 0 saturated carbocycles. The lowest BCUT2D eigenvalue weighted by molar-refractivity contribution is 0.102. The van der Waals surface area contributed by atoms with Crippen LogP contribution >= 0.6 is 11.3 Å². The van der Waals surface area contributed by atoms with Gasteiger partial charge in [0.25, 0.3) is 11.9 Å². The summed E-state index contributed by atoms with van der Waals surface area (Å²) in [4.78, 5) is 13.4. The molecule has 0 aliphatic rings. The van der Waals surface area contributed by atoms with Crippen LogP contribution in [-0.4, -0.2) is 26.5 Å². The molecule has 0 spiro atoms. The summed E-state index contributed by atoms with van der Waals surface area (Å²) in [6, 6.07) is 16.4. The van der Waals surface area contributed by atoms with Crippen LogP contribution < -0.4 is 5.32 Å². The number of hydrogen-bond acceptors (Lipinski definition) is 5. The van der Waals surface area contributed by atoms with Crippen molar-refractivity contribution < 1.29 is 4.79 Å². The Labute approximate surface area is 147 Å². The lowest BCUT2D eigenvalue weighted by atomic mass is 10.0. The van der Waals surface area contributed by atoms with E-state index < -0.39 is 0 Å². The van der Waals surface area contributed by atoms with Gasteiger partial charge in [-0.3, -0.25) is 10.1 Å². The first-order valence-corrected chi connectivity index (χ1v) is 8.63. The second-order valence-electron chi connectivity index (χ2n) is 5.76. The molecule has 0 aliphatic heterocycles. The van der Waals surface area contributed by atoms with Gasteiger partial charge in [0.1, 0.15) is 0 Å². The summed E-state index contributed by atoms with van der Waals surface area (Å²) in [5, 5.41) is 17.2. The molecule has 2 aromatic carbocycles. The molecule has 4 rings (SSSR count). The van der Waals surface area contributed by atoms with Crippen molar-refractivity contribution >= 4 is 33.3 Å². The van der Waals surface area contributed by atoms with Gasteiger partial charge in [-0.15, -0.1) is 16.4 Å². The third-order valence-corrected chi connectivity index (χ3v) is 5.19. The van der Waals surface area contributed by atoms with Crippen molar-refractivity contribution in [3.05, 3.63) is 70.1 Å². The normalized spacial score (nSPS) is 10.9. The van der Waals surface area contributed by atoms with Crippen LogP contribution in [0.1, 0.15) is 26.4 Å². The largest absolute Gasteiger partial charge is 0.287 e. The summed E-state index contributed by atoms with van der Waals surface area (Å²) in [5.41, 5.74) is 3.40. The quantitative estimate of drug-likeness (QED) is 0.590. The second-order valence-corrected chi connectivity index (χ2v) is 6.81. The first-order valence-electron chi connectivity index (χ1n) is 7.81. The predicted octanol–water partition coefficient (Wildman–Crippen LogP) is 3.57. The van der Waals surface area contributed by atoms with Gasteiger partial charge in [-0.25, -0.2) is 0 Å². The van der Waals surface area contributed by atoms with Crippen LogP contribution in [0.2, 0.25) is 0 Å². The molecule has 0 bridgehead atoms. The van der Waals surface area contributed by atoms with Crippen molar-refractivity contribution in [2.24, 2.45) is 0 Å². The number of aromatic nitrogens is 4. The number of rotatable bonds is 4. The Bertz CT molecular complexity index is 1020. The van der Waals surface area contributed by atoms with E-state index in [4.69, 9.17) is 0 Å². The second kappa shape index (κ2) is 6.45. The minimum Gasteiger partial charge on any atom is -0.287 e. The summed E-state index contributed by atoms with van der Waals surface area (Å²) in [7, 11) is 0. The molecule has 0 fully saturated rings. The summed E-state index contributed by atoms with van der Waals surface area (Å²) >= 11 is 1.48. The van der Waals surface area contributed by atoms with E-state index in [1.54, 1.807) is 0 Å². The van der Waals surface area contributed by atoms with Crippen LogP contribution in [0.5, 0.6) is 0 Å². The fourth-order valence-corrected chi connectivity index (χ4v) is 3.86. The van der Waals surface area contributed by atoms with Crippen molar-refractivity contribution in [2.75, 3.05) is 5.32 Å². The van der Waals surface area contributed by atoms with Gasteiger partial charge >= 0.3 is 0 Å². The minimum absolute atomic E-state index is 0.170. The van der Waals surface area contributed by atoms with E-state index in [9.17, 15) is 4.79 Å². The van der Waals surface area contributed by atoms with E-state index in [0.29, 0.717) is 11.3 Å². The van der Waals surface area contributed by atoms with Crippen LogP contribution in [-0.2, 0) is 6.42 Å². The third kappa shape index (κ3) is 3.14. The van der Waals surface area contributed by atoms with Gasteiger partial charge in [-0.05, 0) is 41.1 Å². The topological polar surface area (TPSA) is 83.6 Å². The van der Waals surface area contributed by atoms with E-state index in [1.165, 1.54) is 22.5 Å². The van der Waals surface area contributed by atoms with E-state index in [-0.39, 0.29) is 11.9 Å². The van der Waals surface area contributed by atoms with Crippen molar-refractivity contribution in [1.82, 2.24) is 20.6 Å². The van der Waals surface area contributed by atoms with Crippen LogP contribution in [0.3, 0.4) is 0 Å². The van der Waals surface area contributed by atoms with E-state index in [1.807, 2.05) is 18.2 Å². The molecule has 2 heterocycles. The first kappa shape index (κ1) is 15.5. The Morgan fingerprint density at radius 3 is 2.72 bits per heavy atom. The number of thiophene rings is 1. The zero-order chi connectivity index (χ0) is 17.2. The van der Waals surface area contributed by atoms with E-state index in [0.717, 1.165) is 15.6 Å². The van der Waals surface area contributed by atoms with Gasteiger partial charge in [0.05, 0.1) is 4.88 Å². The highest BCUT2D eigenvalue weighted by molar-refractivity contribution is 7.21. The molecule has 2 aromatic heterocycles. The van der Waals surface area contributed by atoms with E-state index in [2.05, 4.69) is 63.2 Å². The summed E-state index contributed by atoms with van der Waals surface area (Å²) in [5.74, 6) is -0.0477. The Morgan fingerprint density at radius 2 is 1.96 bits per heavy atom. The molecule has 0 unspecified atom stereocenters. The molecule has 0 saturated heterocycles. The summed E-state index contributed by atoms with van der Waals surface area (Å²) in [6.07, 6.45) is 0.694. The maximum atomic E-state index is 12.7. The number of hydrogen-bond donors (Lipinski definition) is 2. The van der Waals surface area contributed by atoms with Gasteiger partial charge in [0, 0.05) is 4.70 Å². The Balaban J connectivity index is 1.75. The third-order valence-electron chi connectivity index (χ3n) is 3.98. The zero-order valence-electron chi connectivity index (χ0n) is 13.5. The molecular formula is C18H15N5OS. The highest BCUT2D eigenvalue weighted by atomic mass is 32.1. The van der Waals surface area contributed by atoms with Gasteiger partial charge in [0.2, 0.25) is 0 Å². The smallest absolute Gasteiger partial charge is 0.270 e. The average molecular weight is 349 g/mol. The van der Waals surface area contributed by atoms with Crippen molar-refractivity contribution in [3.63, 3.8) is 0 Å². The van der Waals surface area contributed by atoms with Gasteiger partial charge in [-0.1, -0.05) is 53.1 Å². The van der Waals surface area contributed by atoms with Gasteiger partial charge in [0.15, 0.2) is 0 Å². The van der Waals surface area contributed by atoms with Crippen molar-refractivity contribution in [3.8, 4) is 0 Å². The lowest BCUT2D eigenvalue weighted by Gasteiger charge is -2.05.